The Balaban J connectivity index is 1.43. The van der Waals surface area contributed by atoms with Crippen LogP contribution in [0.2, 0.25) is 0 Å². The maximum absolute atomic E-state index is 12.7. The van der Waals surface area contributed by atoms with E-state index in [1.807, 2.05) is 13.0 Å². The minimum absolute atomic E-state index is 0.181. The molecule has 3 aromatic carbocycles. The number of nitro groups is 1. The van der Waals surface area contributed by atoms with Crippen molar-refractivity contribution in [3.8, 4) is 5.75 Å². The Morgan fingerprint density at radius 2 is 1.69 bits per heavy atom. The molecule has 3 N–H and O–H groups in total. The fourth-order valence-electron chi connectivity index (χ4n) is 4.11. The highest BCUT2D eigenvalue weighted by Gasteiger charge is 2.22. The molecule has 10 heteroatoms. The van der Waals surface area contributed by atoms with Gasteiger partial charge in [0.1, 0.15) is 0 Å². The van der Waals surface area contributed by atoms with Gasteiger partial charge in [-0.1, -0.05) is 18.2 Å². The summed E-state index contributed by atoms with van der Waals surface area (Å²) in [6.45, 7) is 1.92. The van der Waals surface area contributed by atoms with E-state index in [-0.39, 0.29) is 22.5 Å². The Morgan fingerprint density at radius 1 is 1.00 bits per heavy atom. The van der Waals surface area contributed by atoms with Gasteiger partial charge in [0, 0.05) is 17.3 Å². The molecular weight excluding hydrogens is 470 g/mol. The van der Waals surface area contributed by atoms with Gasteiger partial charge in [0.15, 0.2) is 5.75 Å². The van der Waals surface area contributed by atoms with E-state index >= 15 is 0 Å². The van der Waals surface area contributed by atoms with E-state index in [2.05, 4.69) is 22.2 Å². The normalized spacial score (nSPS) is 14.0. The van der Waals surface area contributed by atoms with Gasteiger partial charge in [-0.3, -0.25) is 19.6 Å². The van der Waals surface area contributed by atoms with Crippen LogP contribution in [0.3, 0.4) is 0 Å². The van der Waals surface area contributed by atoms with Crippen molar-refractivity contribution in [3.63, 3.8) is 0 Å². The van der Waals surface area contributed by atoms with Crippen molar-refractivity contribution in [1.29, 1.82) is 0 Å². The number of aromatic hydroxyl groups is 1. The number of carbonyl (C=O) groups is 1. The van der Waals surface area contributed by atoms with E-state index < -0.39 is 26.4 Å². The number of benzene rings is 3. The molecule has 35 heavy (non-hydrogen) atoms. The average molecular weight is 496 g/mol. The van der Waals surface area contributed by atoms with Crippen LogP contribution < -0.4 is 10.0 Å². The highest BCUT2D eigenvalue weighted by atomic mass is 32.2. The van der Waals surface area contributed by atoms with Gasteiger partial charge >= 0.3 is 5.69 Å². The number of rotatable bonds is 7. The number of phenolic OH excluding ortho intramolecular Hbond substituents is 1. The molecule has 3 aromatic rings. The average Bonchev–Trinajstić information content (AvgIpc) is 2.83. The van der Waals surface area contributed by atoms with E-state index in [0.29, 0.717) is 5.56 Å². The lowest BCUT2D eigenvalue weighted by Gasteiger charge is -2.20. The molecule has 182 valence electrons. The molecule has 1 unspecified atom stereocenters. The van der Waals surface area contributed by atoms with E-state index in [1.54, 1.807) is 0 Å². The summed E-state index contributed by atoms with van der Waals surface area (Å²) in [6, 6.07) is 14.8. The van der Waals surface area contributed by atoms with Crippen molar-refractivity contribution in [3.05, 3.63) is 93.0 Å². The topological polar surface area (TPSA) is 139 Å². The number of aryl methyl sites for hydroxylation is 2. The van der Waals surface area contributed by atoms with E-state index in [4.69, 9.17) is 0 Å². The summed E-state index contributed by atoms with van der Waals surface area (Å²) in [5.74, 6) is -0.923. The van der Waals surface area contributed by atoms with Crippen molar-refractivity contribution < 1.29 is 23.2 Å². The number of phenols is 1. The number of sulfonamides is 1. The van der Waals surface area contributed by atoms with Crippen LogP contribution >= 0.6 is 0 Å². The fraction of sp³-hybridized carbons (Fsp3) is 0.240. The number of nitro benzene ring substituents is 1. The number of anilines is 1. The fourth-order valence-corrected chi connectivity index (χ4v) is 5.18. The van der Waals surface area contributed by atoms with Gasteiger partial charge in [-0.2, -0.15) is 0 Å². The van der Waals surface area contributed by atoms with Crippen LogP contribution in [0.1, 0.15) is 52.9 Å². The maximum atomic E-state index is 12.7. The first-order valence-corrected chi connectivity index (χ1v) is 12.7. The molecule has 0 heterocycles. The molecule has 0 bridgehead atoms. The largest absolute Gasteiger partial charge is 0.502 e. The van der Waals surface area contributed by atoms with Gasteiger partial charge in [0.25, 0.3) is 15.9 Å². The van der Waals surface area contributed by atoms with Gasteiger partial charge in [-0.25, -0.2) is 8.42 Å². The quantitative estimate of drug-likeness (QED) is 0.326. The molecule has 0 saturated carbocycles. The molecule has 0 aromatic heterocycles. The number of nitrogens with one attached hydrogen (secondary N) is 2. The SMILES string of the molecule is CC(NC(=O)c1ccc(NS(=O)(=O)c2ccc(O)c([N+](=O)[O-])c2)cc1)c1ccc2c(c1)CCCC2. The first-order chi connectivity index (χ1) is 16.6. The van der Waals surface area contributed by atoms with Gasteiger partial charge in [-0.05, 0) is 85.7 Å². The Bertz CT molecular complexity index is 1390. The summed E-state index contributed by atoms with van der Waals surface area (Å²) < 4.78 is 27.6. The third-order valence-electron chi connectivity index (χ3n) is 6.07. The Kier molecular flexibility index (Phi) is 6.74. The van der Waals surface area contributed by atoms with E-state index in [0.717, 1.165) is 36.6 Å². The van der Waals surface area contributed by atoms with Gasteiger partial charge in [0.2, 0.25) is 0 Å². The third-order valence-corrected chi connectivity index (χ3v) is 7.45. The van der Waals surface area contributed by atoms with Crippen LogP contribution in [0.4, 0.5) is 11.4 Å². The highest BCUT2D eigenvalue weighted by molar-refractivity contribution is 7.92. The van der Waals surface area contributed by atoms with Crippen LogP contribution in [0, 0.1) is 10.1 Å². The number of hydrogen-bond acceptors (Lipinski definition) is 6. The molecular formula is C25H25N3O6S. The minimum Gasteiger partial charge on any atom is -0.502 e. The number of nitrogens with zero attached hydrogens (tertiary/aromatic N) is 1. The standard InChI is InChI=1S/C25H25N3O6S/c1-16(19-7-6-17-4-2-3-5-20(17)14-19)26-25(30)18-8-10-21(11-9-18)27-35(33,34)22-12-13-24(29)23(15-22)28(31)32/h6-16,27,29H,2-5H2,1H3,(H,26,30). The predicted molar refractivity (Wildman–Crippen MR) is 131 cm³/mol. The summed E-state index contributed by atoms with van der Waals surface area (Å²) in [7, 11) is -4.15. The van der Waals surface area contributed by atoms with Crippen molar-refractivity contribution in [1.82, 2.24) is 5.32 Å². The minimum atomic E-state index is -4.15. The predicted octanol–water partition coefficient (Wildman–Crippen LogP) is 4.47. The second-order valence-corrected chi connectivity index (χ2v) is 10.2. The smallest absolute Gasteiger partial charge is 0.312 e. The van der Waals surface area contributed by atoms with E-state index in [9.17, 15) is 28.4 Å². The lowest BCUT2D eigenvalue weighted by atomic mass is 9.89. The summed E-state index contributed by atoms with van der Waals surface area (Å²) in [5, 5.41) is 23.5. The van der Waals surface area contributed by atoms with Crippen molar-refractivity contribution in [2.45, 2.75) is 43.5 Å². The molecule has 0 aliphatic heterocycles. The maximum Gasteiger partial charge on any atom is 0.312 e. The zero-order valence-electron chi connectivity index (χ0n) is 19.0. The zero-order valence-corrected chi connectivity index (χ0v) is 19.8. The molecule has 1 atom stereocenters. The van der Waals surface area contributed by atoms with Crippen molar-refractivity contribution in [2.24, 2.45) is 0 Å². The van der Waals surface area contributed by atoms with Crippen LogP contribution in [-0.2, 0) is 22.9 Å². The summed E-state index contributed by atoms with van der Waals surface area (Å²) in [6.07, 6.45) is 4.53. The number of carbonyl (C=O) groups excluding carboxylic acids is 1. The van der Waals surface area contributed by atoms with Gasteiger partial charge in [-0.15, -0.1) is 0 Å². The molecule has 9 nitrogen and oxygen atoms in total. The molecule has 0 saturated heterocycles. The highest BCUT2D eigenvalue weighted by Crippen LogP contribution is 2.29. The van der Waals surface area contributed by atoms with Crippen molar-refractivity contribution >= 4 is 27.3 Å². The molecule has 1 aliphatic rings. The number of hydrogen-bond donors (Lipinski definition) is 3. The van der Waals surface area contributed by atoms with Crippen LogP contribution in [0.25, 0.3) is 0 Å². The second kappa shape index (κ2) is 9.75. The Morgan fingerprint density at radius 3 is 2.37 bits per heavy atom. The summed E-state index contributed by atoms with van der Waals surface area (Å²) >= 11 is 0. The number of fused-ring (bicyclic) bond motifs is 1. The Hall–Kier alpha value is -3.92. The molecule has 1 aliphatic carbocycles. The molecule has 4 rings (SSSR count). The third kappa shape index (κ3) is 5.43. The molecule has 0 radical (unpaired) electrons. The number of amides is 1. The monoisotopic (exact) mass is 495 g/mol. The molecule has 0 spiro atoms. The van der Waals surface area contributed by atoms with Crippen molar-refractivity contribution in [2.75, 3.05) is 4.72 Å². The lowest BCUT2D eigenvalue weighted by Crippen LogP contribution is -2.26. The van der Waals surface area contributed by atoms with E-state index in [1.165, 1.54) is 48.2 Å². The lowest BCUT2D eigenvalue weighted by molar-refractivity contribution is -0.386. The Labute approximate surface area is 203 Å². The molecule has 1 amide bonds. The van der Waals surface area contributed by atoms with Gasteiger partial charge < -0.3 is 10.4 Å². The molecule has 0 fully saturated rings. The first kappa shape index (κ1) is 24.2. The van der Waals surface area contributed by atoms with Crippen LogP contribution in [0.15, 0.2) is 65.6 Å². The first-order valence-electron chi connectivity index (χ1n) is 11.2. The second-order valence-electron chi connectivity index (χ2n) is 8.52. The summed E-state index contributed by atoms with van der Waals surface area (Å²) in [5.41, 5.74) is 3.57. The summed E-state index contributed by atoms with van der Waals surface area (Å²) in [4.78, 5) is 22.5. The van der Waals surface area contributed by atoms with Crippen LogP contribution in [-0.4, -0.2) is 24.4 Å². The van der Waals surface area contributed by atoms with Gasteiger partial charge in [0.05, 0.1) is 15.9 Å². The zero-order chi connectivity index (χ0) is 25.2. The van der Waals surface area contributed by atoms with Crippen LogP contribution in [0.5, 0.6) is 5.75 Å².